The lowest BCUT2D eigenvalue weighted by molar-refractivity contribution is 0.0177. The fourth-order valence-corrected chi connectivity index (χ4v) is 5.75. The average Bonchev–Trinajstić information content (AvgIpc) is 3.20. The van der Waals surface area contributed by atoms with E-state index in [1.54, 1.807) is 0 Å². The summed E-state index contributed by atoms with van der Waals surface area (Å²) in [7, 11) is 0. The maximum Gasteiger partial charge on any atom is 0.191 e. The predicted molar refractivity (Wildman–Crippen MR) is 125 cm³/mol. The van der Waals surface area contributed by atoms with Crippen LogP contribution < -0.4 is 10.6 Å². The summed E-state index contributed by atoms with van der Waals surface area (Å²) < 4.78 is 5.58. The minimum Gasteiger partial charge on any atom is -0.396 e. The van der Waals surface area contributed by atoms with Gasteiger partial charge in [0.25, 0.3) is 0 Å². The van der Waals surface area contributed by atoms with E-state index in [0.29, 0.717) is 6.04 Å². The summed E-state index contributed by atoms with van der Waals surface area (Å²) >= 11 is 1.89. The Balaban J connectivity index is 1.67. The number of thiophene rings is 1. The highest BCUT2D eigenvalue weighted by Crippen LogP contribution is 2.39. The Morgan fingerprint density at radius 1 is 1.23 bits per heavy atom. The van der Waals surface area contributed by atoms with Gasteiger partial charge in [-0.05, 0) is 50.7 Å². The van der Waals surface area contributed by atoms with Gasteiger partial charge in [-0.2, -0.15) is 0 Å². The van der Waals surface area contributed by atoms with Crippen LogP contribution in [0.4, 0.5) is 0 Å². The zero-order valence-corrected chi connectivity index (χ0v) is 19.6. The van der Waals surface area contributed by atoms with Gasteiger partial charge >= 0.3 is 0 Å². The molecule has 2 aliphatic rings. The molecule has 6 nitrogen and oxygen atoms in total. The molecule has 3 rings (SSSR count). The predicted octanol–water partition coefficient (Wildman–Crippen LogP) is 3.32. The van der Waals surface area contributed by atoms with E-state index in [9.17, 15) is 5.11 Å². The second-order valence-electron chi connectivity index (χ2n) is 8.72. The molecule has 0 amide bonds. The molecule has 0 aromatic carbocycles. The van der Waals surface area contributed by atoms with Gasteiger partial charge in [0.05, 0.1) is 19.3 Å². The topological polar surface area (TPSA) is 69.1 Å². The van der Waals surface area contributed by atoms with Crippen molar-refractivity contribution in [3.05, 3.63) is 21.9 Å². The third-order valence-electron chi connectivity index (χ3n) is 6.51. The number of ether oxygens (including phenoxy) is 1. The normalized spacial score (nSPS) is 21.4. The lowest BCUT2D eigenvalue weighted by Crippen LogP contribution is -2.46. The van der Waals surface area contributed by atoms with Crippen LogP contribution in [0.5, 0.6) is 0 Å². The summed E-state index contributed by atoms with van der Waals surface area (Å²) in [6, 6.07) is 4.82. The van der Waals surface area contributed by atoms with Crippen LogP contribution in [0.15, 0.2) is 17.1 Å². The number of aliphatic hydroxyl groups excluding tert-OH is 1. The van der Waals surface area contributed by atoms with Gasteiger partial charge in [0.15, 0.2) is 5.96 Å². The highest BCUT2D eigenvalue weighted by atomic mass is 32.1. The van der Waals surface area contributed by atoms with Gasteiger partial charge in [-0.1, -0.05) is 19.3 Å². The summed E-state index contributed by atoms with van der Waals surface area (Å²) in [4.78, 5) is 10.3. The lowest BCUT2D eigenvalue weighted by Gasteiger charge is -2.36. The molecule has 1 saturated carbocycles. The molecule has 30 heavy (non-hydrogen) atoms. The molecule has 1 aromatic rings. The summed E-state index contributed by atoms with van der Waals surface area (Å²) in [6.07, 6.45) is 7.06. The highest BCUT2D eigenvalue weighted by molar-refractivity contribution is 7.12. The Bertz CT molecular complexity index is 646. The van der Waals surface area contributed by atoms with E-state index in [-0.39, 0.29) is 12.0 Å². The molecule has 1 saturated heterocycles. The number of morpholine rings is 1. The first-order valence-corrected chi connectivity index (χ1v) is 12.5. The summed E-state index contributed by atoms with van der Waals surface area (Å²) in [5.74, 6) is 0.895. The van der Waals surface area contributed by atoms with Gasteiger partial charge in [0.1, 0.15) is 0 Å². The number of nitrogens with one attached hydrogen (secondary N) is 2. The zero-order valence-electron chi connectivity index (χ0n) is 18.8. The van der Waals surface area contributed by atoms with Crippen molar-refractivity contribution < 1.29 is 9.84 Å². The van der Waals surface area contributed by atoms with Gasteiger partial charge in [0, 0.05) is 49.1 Å². The van der Waals surface area contributed by atoms with Crippen molar-refractivity contribution >= 4 is 17.3 Å². The Morgan fingerprint density at radius 2 is 2.00 bits per heavy atom. The van der Waals surface area contributed by atoms with Crippen molar-refractivity contribution in [3.63, 3.8) is 0 Å². The van der Waals surface area contributed by atoms with Gasteiger partial charge in [0.2, 0.25) is 0 Å². The quantitative estimate of drug-likeness (QED) is 0.409. The molecule has 1 aliphatic heterocycles. The molecule has 2 fully saturated rings. The first-order chi connectivity index (χ1) is 14.7. The highest BCUT2D eigenvalue weighted by Gasteiger charge is 2.31. The molecule has 170 valence electrons. The van der Waals surface area contributed by atoms with Crippen molar-refractivity contribution in [2.45, 2.75) is 58.4 Å². The van der Waals surface area contributed by atoms with Gasteiger partial charge in [-0.3, -0.25) is 9.89 Å². The number of aryl methyl sites for hydroxylation is 1. The number of guanidine groups is 1. The van der Waals surface area contributed by atoms with E-state index in [1.807, 2.05) is 11.3 Å². The van der Waals surface area contributed by atoms with E-state index < -0.39 is 0 Å². The molecular formula is C23H40N4O2S. The van der Waals surface area contributed by atoms with Gasteiger partial charge in [-0.15, -0.1) is 11.3 Å². The third-order valence-corrected chi connectivity index (χ3v) is 7.61. The molecule has 2 heterocycles. The third kappa shape index (κ3) is 6.67. The standard InChI is InChI=1S/C23H40N4O2S/c1-3-24-22(26-18-23(11-14-28)9-5-4-6-10-23)25-17-20(21-8-7-19(2)30-21)27-12-15-29-16-13-27/h7-8,20,28H,3-6,9-18H2,1-2H3,(H2,24,25,26). The van der Waals surface area contributed by atoms with Gasteiger partial charge < -0.3 is 20.5 Å². The molecule has 1 unspecified atom stereocenters. The zero-order chi connectivity index (χ0) is 21.2. The van der Waals surface area contributed by atoms with Crippen LogP contribution in [0, 0.1) is 12.3 Å². The largest absolute Gasteiger partial charge is 0.396 e. The SMILES string of the molecule is CCNC(=NCC1(CCO)CCCCC1)NCC(c1ccc(C)s1)N1CCOCC1. The summed E-state index contributed by atoms with van der Waals surface area (Å²) in [6.45, 7) is 10.6. The number of aliphatic hydroxyl groups is 1. The summed E-state index contributed by atoms with van der Waals surface area (Å²) in [5.41, 5.74) is 0.170. The Morgan fingerprint density at radius 3 is 2.63 bits per heavy atom. The number of rotatable bonds is 9. The van der Waals surface area contributed by atoms with Crippen molar-refractivity contribution in [1.82, 2.24) is 15.5 Å². The lowest BCUT2D eigenvalue weighted by atomic mass is 9.72. The molecule has 7 heteroatoms. The molecule has 3 N–H and O–H groups in total. The number of hydrogen-bond acceptors (Lipinski definition) is 5. The minimum absolute atomic E-state index is 0.170. The van der Waals surface area contributed by atoms with E-state index in [4.69, 9.17) is 9.73 Å². The van der Waals surface area contributed by atoms with E-state index in [1.165, 1.54) is 41.9 Å². The van der Waals surface area contributed by atoms with E-state index >= 15 is 0 Å². The van der Waals surface area contributed by atoms with Gasteiger partial charge in [-0.25, -0.2) is 0 Å². The molecule has 0 bridgehead atoms. The second-order valence-corrected chi connectivity index (χ2v) is 10.0. The van der Waals surface area contributed by atoms with Crippen molar-refractivity contribution in [3.8, 4) is 0 Å². The van der Waals surface area contributed by atoms with Crippen molar-refractivity contribution in [2.75, 3.05) is 52.5 Å². The second kappa shape index (κ2) is 12.0. The van der Waals surface area contributed by atoms with E-state index in [2.05, 4.69) is 41.5 Å². The van der Waals surface area contributed by atoms with E-state index in [0.717, 1.165) is 58.3 Å². The summed E-state index contributed by atoms with van der Waals surface area (Å²) in [5, 5.41) is 16.7. The Labute approximate surface area is 186 Å². The van der Waals surface area contributed by atoms with Crippen LogP contribution in [0.25, 0.3) is 0 Å². The van der Waals surface area contributed by atoms with Crippen molar-refractivity contribution in [2.24, 2.45) is 10.4 Å². The maximum absolute atomic E-state index is 9.61. The average molecular weight is 437 g/mol. The monoisotopic (exact) mass is 436 g/mol. The fourth-order valence-electron chi connectivity index (χ4n) is 4.74. The molecular weight excluding hydrogens is 396 g/mol. The molecule has 0 spiro atoms. The van der Waals surface area contributed by atoms with Crippen LogP contribution in [0.2, 0.25) is 0 Å². The molecule has 1 aromatic heterocycles. The number of nitrogens with zero attached hydrogens (tertiary/aromatic N) is 2. The van der Waals surface area contributed by atoms with Crippen LogP contribution in [-0.2, 0) is 4.74 Å². The number of hydrogen-bond donors (Lipinski definition) is 3. The Hall–Kier alpha value is -1.15. The van der Waals surface area contributed by atoms with Crippen LogP contribution in [0.3, 0.4) is 0 Å². The smallest absolute Gasteiger partial charge is 0.191 e. The Kier molecular flexibility index (Phi) is 9.43. The first kappa shape index (κ1) is 23.5. The van der Waals surface area contributed by atoms with Crippen molar-refractivity contribution in [1.29, 1.82) is 0 Å². The van der Waals surface area contributed by atoms with Crippen LogP contribution in [-0.4, -0.2) is 68.5 Å². The fraction of sp³-hybridized carbons (Fsp3) is 0.783. The molecule has 1 aliphatic carbocycles. The first-order valence-electron chi connectivity index (χ1n) is 11.7. The molecule has 0 radical (unpaired) electrons. The van der Waals surface area contributed by atoms with Crippen LogP contribution in [0.1, 0.15) is 61.2 Å². The van der Waals surface area contributed by atoms with Crippen LogP contribution >= 0.6 is 11.3 Å². The maximum atomic E-state index is 9.61. The number of aliphatic imine (C=N–C) groups is 1. The minimum atomic E-state index is 0.170. The molecule has 1 atom stereocenters.